The molecular formula is C29H32N4O4. The van der Waals surface area contributed by atoms with Gasteiger partial charge < -0.3 is 34.2 Å². The van der Waals surface area contributed by atoms with Crippen molar-refractivity contribution in [2.24, 2.45) is 0 Å². The van der Waals surface area contributed by atoms with E-state index < -0.39 is 0 Å². The number of nitrogens with zero attached hydrogens (tertiary/aromatic N) is 3. The largest absolute Gasteiger partial charge is 0.456 e. The summed E-state index contributed by atoms with van der Waals surface area (Å²) in [7, 11) is 11.8. The minimum Gasteiger partial charge on any atom is -0.456 e. The third-order valence-corrected chi connectivity index (χ3v) is 7.44. The molecule has 3 aliphatic heterocycles. The normalized spacial score (nSPS) is 13.6. The van der Waals surface area contributed by atoms with E-state index in [1.54, 1.807) is 7.05 Å². The van der Waals surface area contributed by atoms with Crippen LogP contribution in [0.25, 0.3) is 0 Å². The lowest BCUT2D eigenvalue weighted by Crippen LogP contribution is -2.25. The van der Waals surface area contributed by atoms with Crippen molar-refractivity contribution in [2.45, 2.75) is 18.8 Å². The fraction of sp³-hybridized carbons (Fsp3) is 0.345. The SMILES string of the molecule is CNC(=O)CCCN(C)c1cc2c3c(c1)Oc1cc(N(C)C)cc4c1C3c1c(cc(N(C)C)cc1O2)O4. The van der Waals surface area contributed by atoms with Crippen molar-refractivity contribution in [3.63, 3.8) is 0 Å². The molecule has 1 N–H and O–H groups in total. The summed E-state index contributed by atoms with van der Waals surface area (Å²) in [5.41, 5.74) is 6.13. The van der Waals surface area contributed by atoms with Gasteiger partial charge in [0.15, 0.2) is 0 Å². The van der Waals surface area contributed by atoms with Crippen LogP contribution in [0.3, 0.4) is 0 Å². The van der Waals surface area contributed by atoms with Crippen LogP contribution in [0, 0.1) is 0 Å². The van der Waals surface area contributed by atoms with Gasteiger partial charge in [-0.1, -0.05) is 0 Å². The van der Waals surface area contributed by atoms with Gasteiger partial charge in [0.25, 0.3) is 0 Å². The Balaban J connectivity index is 1.49. The van der Waals surface area contributed by atoms with E-state index in [9.17, 15) is 4.79 Å². The number of amides is 1. The topological polar surface area (TPSA) is 66.5 Å². The zero-order valence-electron chi connectivity index (χ0n) is 22.1. The van der Waals surface area contributed by atoms with E-state index in [1.807, 2.05) is 35.2 Å². The van der Waals surface area contributed by atoms with Gasteiger partial charge in [-0.2, -0.15) is 0 Å². The summed E-state index contributed by atoms with van der Waals surface area (Å²) >= 11 is 0. The molecule has 0 aliphatic carbocycles. The monoisotopic (exact) mass is 500 g/mol. The maximum Gasteiger partial charge on any atom is 0.219 e. The maximum atomic E-state index is 11.7. The second-order valence-electron chi connectivity index (χ2n) is 10.3. The average molecular weight is 501 g/mol. The fourth-order valence-electron chi connectivity index (χ4n) is 5.38. The summed E-state index contributed by atoms with van der Waals surface area (Å²) in [5.74, 6) is 4.84. The van der Waals surface area contributed by atoms with Gasteiger partial charge in [0.05, 0.1) is 22.6 Å². The van der Waals surface area contributed by atoms with Crippen LogP contribution in [-0.2, 0) is 4.79 Å². The molecule has 6 rings (SSSR count). The van der Waals surface area contributed by atoms with Crippen molar-refractivity contribution in [3.8, 4) is 34.5 Å². The standard InChI is InChI=1S/C29H32N4O4/c1-30-25(34)8-7-9-33(6)18-14-23-28-24(15-18)37-22-13-17(32(4)5)11-20-27(22)29(28)26-19(35-20)10-16(31(2)3)12-21(26)36-23/h10-15,29H,7-9H2,1-6H3,(H,30,34). The molecule has 3 aromatic carbocycles. The number of benzene rings is 3. The van der Waals surface area contributed by atoms with E-state index >= 15 is 0 Å². The Labute approximate surface area is 217 Å². The molecular weight excluding hydrogens is 468 g/mol. The Kier molecular flexibility index (Phi) is 5.36. The molecule has 8 nitrogen and oxygen atoms in total. The number of nitrogens with one attached hydrogen (secondary N) is 1. The van der Waals surface area contributed by atoms with Gasteiger partial charge in [0, 0.05) is 109 Å². The minimum atomic E-state index is -0.0312. The highest BCUT2D eigenvalue weighted by molar-refractivity contribution is 5.80. The Hall–Kier alpha value is -4.07. The first-order chi connectivity index (χ1) is 17.7. The van der Waals surface area contributed by atoms with Crippen LogP contribution >= 0.6 is 0 Å². The van der Waals surface area contributed by atoms with E-state index in [2.05, 4.69) is 56.4 Å². The zero-order chi connectivity index (χ0) is 26.0. The lowest BCUT2D eigenvalue weighted by atomic mass is 9.77. The summed E-state index contributed by atoms with van der Waals surface area (Å²) in [6.07, 6.45) is 1.24. The van der Waals surface area contributed by atoms with Crippen LogP contribution in [0.1, 0.15) is 35.4 Å². The lowest BCUT2D eigenvalue weighted by Gasteiger charge is -2.40. The van der Waals surface area contributed by atoms with Gasteiger partial charge in [-0.15, -0.1) is 0 Å². The Morgan fingerprint density at radius 2 is 1.08 bits per heavy atom. The van der Waals surface area contributed by atoms with Crippen LogP contribution < -0.4 is 34.2 Å². The van der Waals surface area contributed by atoms with Gasteiger partial charge in [-0.3, -0.25) is 4.79 Å². The number of carbonyl (C=O) groups is 1. The fourth-order valence-corrected chi connectivity index (χ4v) is 5.38. The van der Waals surface area contributed by atoms with Crippen LogP contribution in [0.4, 0.5) is 17.1 Å². The number of hydrogen-bond acceptors (Lipinski definition) is 7. The quantitative estimate of drug-likeness (QED) is 0.320. The molecule has 0 fully saturated rings. The first kappa shape index (κ1) is 23.3. The molecule has 0 radical (unpaired) electrons. The van der Waals surface area contributed by atoms with E-state index in [-0.39, 0.29) is 11.8 Å². The number of anilines is 3. The maximum absolute atomic E-state index is 11.7. The molecule has 8 heteroatoms. The molecule has 3 heterocycles. The number of hydrogen-bond donors (Lipinski definition) is 1. The van der Waals surface area contributed by atoms with Crippen molar-refractivity contribution >= 4 is 23.0 Å². The van der Waals surface area contributed by atoms with E-state index in [1.165, 1.54) is 0 Å². The molecule has 37 heavy (non-hydrogen) atoms. The molecule has 0 spiro atoms. The van der Waals surface area contributed by atoms with Gasteiger partial charge in [0.1, 0.15) is 34.5 Å². The molecule has 0 bridgehead atoms. The van der Waals surface area contributed by atoms with Gasteiger partial charge >= 0.3 is 0 Å². The summed E-state index contributed by atoms with van der Waals surface area (Å²) in [6, 6.07) is 12.5. The lowest BCUT2D eigenvalue weighted by molar-refractivity contribution is -0.120. The zero-order valence-corrected chi connectivity index (χ0v) is 22.1. The Morgan fingerprint density at radius 3 is 1.43 bits per heavy atom. The highest BCUT2D eigenvalue weighted by Gasteiger charge is 2.44. The van der Waals surface area contributed by atoms with Crippen molar-refractivity contribution in [2.75, 3.05) is 63.5 Å². The van der Waals surface area contributed by atoms with Crippen LogP contribution in [0.2, 0.25) is 0 Å². The predicted molar refractivity (Wildman–Crippen MR) is 146 cm³/mol. The highest BCUT2D eigenvalue weighted by atomic mass is 16.5. The molecule has 192 valence electrons. The third kappa shape index (κ3) is 3.70. The van der Waals surface area contributed by atoms with Crippen molar-refractivity contribution in [1.29, 1.82) is 0 Å². The minimum absolute atomic E-state index is 0.0312. The van der Waals surface area contributed by atoms with Gasteiger partial charge in [-0.05, 0) is 6.42 Å². The Bertz CT molecular complexity index is 1340. The van der Waals surface area contributed by atoms with Gasteiger partial charge in [0.2, 0.25) is 5.91 Å². The number of carbonyl (C=O) groups excluding carboxylic acids is 1. The second-order valence-corrected chi connectivity index (χ2v) is 10.3. The van der Waals surface area contributed by atoms with Crippen LogP contribution in [-0.4, -0.2) is 54.7 Å². The smallest absolute Gasteiger partial charge is 0.219 e. The van der Waals surface area contributed by atoms with Crippen LogP contribution in [0.15, 0.2) is 36.4 Å². The molecule has 3 aliphatic rings. The first-order valence-electron chi connectivity index (χ1n) is 12.6. The Morgan fingerprint density at radius 1 is 0.703 bits per heavy atom. The molecule has 0 saturated carbocycles. The molecule has 3 aromatic rings. The van der Waals surface area contributed by atoms with Crippen molar-refractivity contribution in [1.82, 2.24) is 5.32 Å². The first-order valence-corrected chi connectivity index (χ1v) is 12.6. The van der Waals surface area contributed by atoms with Crippen molar-refractivity contribution < 1.29 is 19.0 Å². The second kappa shape index (κ2) is 8.50. The molecule has 0 saturated heterocycles. The number of rotatable bonds is 7. The molecule has 1 amide bonds. The predicted octanol–water partition coefficient (Wildman–Crippen LogP) is 5.28. The summed E-state index contributed by atoms with van der Waals surface area (Å²) in [4.78, 5) is 18.0. The average Bonchev–Trinajstić information content (AvgIpc) is 2.87. The highest BCUT2D eigenvalue weighted by Crippen LogP contribution is 2.64. The van der Waals surface area contributed by atoms with E-state index in [0.29, 0.717) is 6.42 Å². The van der Waals surface area contributed by atoms with E-state index in [4.69, 9.17) is 14.2 Å². The summed E-state index contributed by atoms with van der Waals surface area (Å²) in [6.45, 7) is 0.736. The van der Waals surface area contributed by atoms with Crippen molar-refractivity contribution in [3.05, 3.63) is 53.1 Å². The molecule has 0 atom stereocenters. The molecule has 0 aromatic heterocycles. The number of ether oxygens (including phenoxy) is 3. The van der Waals surface area contributed by atoms with E-state index in [0.717, 1.165) is 81.2 Å². The third-order valence-electron chi connectivity index (χ3n) is 7.44. The summed E-state index contributed by atoms with van der Waals surface area (Å²) < 4.78 is 19.6. The van der Waals surface area contributed by atoms with Crippen LogP contribution in [0.5, 0.6) is 34.5 Å². The van der Waals surface area contributed by atoms with Gasteiger partial charge in [-0.25, -0.2) is 0 Å². The summed E-state index contributed by atoms with van der Waals surface area (Å²) in [5, 5.41) is 2.69. The molecule has 0 unspecified atom stereocenters.